The highest BCUT2D eigenvalue weighted by Crippen LogP contribution is 2.29. The molecule has 208 valence electrons. The highest BCUT2D eigenvalue weighted by molar-refractivity contribution is 7.80. The number of esters is 1. The summed E-state index contributed by atoms with van der Waals surface area (Å²) in [5.41, 5.74) is 1.77. The molecule has 0 saturated heterocycles. The number of aryl methyl sites for hydroxylation is 2. The van der Waals surface area contributed by atoms with E-state index in [1.165, 1.54) is 4.90 Å². The number of nitrogens with zero attached hydrogens (tertiary/aromatic N) is 1. The maximum Gasteiger partial charge on any atom is 0.408 e. The number of rotatable bonds is 12. The van der Waals surface area contributed by atoms with Gasteiger partial charge in [-0.1, -0.05) is 30.7 Å². The van der Waals surface area contributed by atoms with Gasteiger partial charge in [0.15, 0.2) is 0 Å². The summed E-state index contributed by atoms with van der Waals surface area (Å²) in [6, 6.07) is 3.30. The number of carbonyl (C=O) groups is 4. The summed E-state index contributed by atoms with van der Waals surface area (Å²) in [7, 11) is 0. The molecule has 0 bridgehead atoms. The molecule has 9 nitrogen and oxygen atoms in total. The molecule has 0 spiro atoms. The first kappa shape index (κ1) is 32.3. The third-order valence-electron chi connectivity index (χ3n) is 5.67. The van der Waals surface area contributed by atoms with Crippen molar-refractivity contribution in [3.05, 3.63) is 34.9 Å². The highest BCUT2D eigenvalue weighted by atomic mass is 32.1. The number of amides is 3. The van der Waals surface area contributed by atoms with Crippen LogP contribution >= 0.6 is 12.6 Å². The average molecular weight is 538 g/mol. The normalized spacial score (nSPS) is 13.6. The van der Waals surface area contributed by atoms with E-state index < -0.39 is 41.6 Å². The molecule has 1 rings (SSSR count). The quantitative estimate of drug-likeness (QED) is 0.276. The van der Waals surface area contributed by atoms with Crippen molar-refractivity contribution in [2.24, 2.45) is 0 Å². The summed E-state index contributed by atoms with van der Waals surface area (Å²) in [4.78, 5) is 53.2. The molecule has 1 aromatic rings. The zero-order valence-corrected chi connectivity index (χ0v) is 24.2. The molecule has 0 aliphatic heterocycles. The molecule has 0 aliphatic carbocycles. The van der Waals surface area contributed by atoms with Crippen molar-refractivity contribution in [3.8, 4) is 0 Å². The van der Waals surface area contributed by atoms with Crippen LogP contribution in [-0.2, 0) is 23.9 Å². The summed E-state index contributed by atoms with van der Waals surface area (Å²) in [6.45, 7) is 14.8. The summed E-state index contributed by atoms with van der Waals surface area (Å²) < 4.78 is 10.3. The molecular formula is C27H43N3O6S. The van der Waals surface area contributed by atoms with Crippen molar-refractivity contribution in [3.63, 3.8) is 0 Å². The summed E-state index contributed by atoms with van der Waals surface area (Å²) in [5, 5.41) is 5.39. The number of nitrogens with one attached hydrogen (secondary N) is 2. The lowest BCUT2D eigenvalue weighted by molar-refractivity contribution is -0.145. The Labute approximate surface area is 226 Å². The van der Waals surface area contributed by atoms with Gasteiger partial charge in [0.25, 0.3) is 0 Å². The van der Waals surface area contributed by atoms with Crippen molar-refractivity contribution in [2.45, 2.75) is 92.0 Å². The third-order valence-corrected chi connectivity index (χ3v) is 6.04. The molecule has 0 fully saturated rings. The van der Waals surface area contributed by atoms with Crippen LogP contribution in [0.4, 0.5) is 4.79 Å². The predicted octanol–water partition coefficient (Wildman–Crippen LogP) is 3.86. The van der Waals surface area contributed by atoms with E-state index in [0.29, 0.717) is 12.0 Å². The van der Waals surface area contributed by atoms with Crippen molar-refractivity contribution < 1.29 is 28.7 Å². The Kier molecular flexibility index (Phi) is 13.0. The monoisotopic (exact) mass is 537 g/mol. The summed E-state index contributed by atoms with van der Waals surface area (Å²) in [5.74, 6) is -1.30. The van der Waals surface area contributed by atoms with Crippen molar-refractivity contribution in [2.75, 3.05) is 18.9 Å². The van der Waals surface area contributed by atoms with Crippen LogP contribution in [0.5, 0.6) is 0 Å². The minimum Gasteiger partial charge on any atom is -0.466 e. The lowest BCUT2D eigenvalue weighted by Gasteiger charge is -2.38. The van der Waals surface area contributed by atoms with Gasteiger partial charge >= 0.3 is 12.1 Å². The van der Waals surface area contributed by atoms with Crippen LogP contribution in [0.15, 0.2) is 18.2 Å². The van der Waals surface area contributed by atoms with Crippen molar-refractivity contribution in [1.82, 2.24) is 15.5 Å². The van der Waals surface area contributed by atoms with E-state index >= 15 is 0 Å². The molecule has 3 amide bonds. The van der Waals surface area contributed by atoms with Gasteiger partial charge in [0, 0.05) is 18.3 Å². The van der Waals surface area contributed by atoms with Crippen molar-refractivity contribution >= 4 is 36.5 Å². The van der Waals surface area contributed by atoms with E-state index in [4.69, 9.17) is 9.47 Å². The molecule has 0 radical (unpaired) electrons. The number of hydrogen-bond acceptors (Lipinski definition) is 7. The van der Waals surface area contributed by atoms with Gasteiger partial charge in [0.1, 0.15) is 17.7 Å². The fourth-order valence-corrected chi connectivity index (χ4v) is 4.03. The highest BCUT2D eigenvalue weighted by Gasteiger charge is 2.38. The minimum atomic E-state index is -1.02. The van der Waals surface area contributed by atoms with Crippen LogP contribution in [0.1, 0.15) is 77.1 Å². The van der Waals surface area contributed by atoms with Crippen LogP contribution in [-0.4, -0.2) is 65.4 Å². The number of alkyl carbamates (subject to hydrolysis) is 1. The maximum atomic E-state index is 13.9. The van der Waals surface area contributed by atoms with Gasteiger partial charge in [0.05, 0.1) is 13.0 Å². The number of carbonyl (C=O) groups excluding carboxylic acids is 4. The standard InChI is InChI=1S/C27H43N3O6S/c1-9-19(5)30(25(33)21(16-37)29-26(34)36-27(6,7)8)23(20-12-11-17(3)15-18(20)4)24(32)28-14-13-22(31)35-10-2/h11-12,15,19,21,23,37H,9-10,13-14,16H2,1-8H3,(H,28,32)(H,29,34). The Hall–Kier alpha value is -2.75. The molecule has 3 atom stereocenters. The molecule has 10 heteroatoms. The van der Waals surface area contributed by atoms with Gasteiger partial charge in [0.2, 0.25) is 11.8 Å². The smallest absolute Gasteiger partial charge is 0.408 e. The minimum absolute atomic E-state index is 0.00902. The zero-order chi connectivity index (χ0) is 28.3. The number of thiol groups is 1. The summed E-state index contributed by atoms with van der Waals surface area (Å²) >= 11 is 4.30. The van der Waals surface area contributed by atoms with Gasteiger partial charge in [-0.05, 0) is 66.0 Å². The second kappa shape index (κ2) is 14.9. The second-order valence-electron chi connectivity index (χ2n) is 9.99. The fraction of sp³-hybridized carbons (Fsp3) is 0.630. The molecule has 37 heavy (non-hydrogen) atoms. The largest absolute Gasteiger partial charge is 0.466 e. The molecule has 1 aromatic carbocycles. The van der Waals surface area contributed by atoms with E-state index in [0.717, 1.165) is 11.1 Å². The number of hydrogen-bond donors (Lipinski definition) is 3. The van der Waals surface area contributed by atoms with Crippen LogP contribution in [0.3, 0.4) is 0 Å². The zero-order valence-electron chi connectivity index (χ0n) is 23.3. The maximum absolute atomic E-state index is 13.9. The first-order valence-corrected chi connectivity index (χ1v) is 13.3. The SMILES string of the molecule is CCOC(=O)CCNC(=O)C(c1ccc(C)cc1C)N(C(=O)C(CS)NC(=O)OC(C)(C)C)C(C)CC. The van der Waals surface area contributed by atoms with Gasteiger partial charge in [-0.3, -0.25) is 14.4 Å². The second-order valence-corrected chi connectivity index (χ2v) is 10.4. The molecular weight excluding hydrogens is 494 g/mol. The third kappa shape index (κ3) is 10.3. The average Bonchev–Trinajstić information content (AvgIpc) is 2.79. The topological polar surface area (TPSA) is 114 Å². The Morgan fingerprint density at radius 1 is 1.11 bits per heavy atom. The molecule has 2 N–H and O–H groups in total. The number of benzene rings is 1. The summed E-state index contributed by atoms with van der Waals surface area (Å²) in [6.07, 6.45) is -0.170. The van der Waals surface area contributed by atoms with Crippen LogP contribution < -0.4 is 10.6 Å². The molecule has 0 saturated carbocycles. The lowest BCUT2D eigenvalue weighted by Crippen LogP contribution is -2.56. The van der Waals surface area contributed by atoms with E-state index in [2.05, 4.69) is 23.3 Å². The van der Waals surface area contributed by atoms with Crippen LogP contribution in [0.25, 0.3) is 0 Å². The van der Waals surface area contributed by atoms with Gasteiger partial charge in [-0.15, -0.1) is 0 Å². The Morgan fingerprint density at radius 3 is 2.27 bits per heavy atom. The number of ether oxygens (including phenoxy) is 2. The Balaban J connectivity index is 3.42. The molecule has 0 heterocycles. The molecule has 3 unspecified atom stereocenters. The van der Waals surface area contributed by atoms with E-state index in [-0.39, 0.29) is 31.4 Å². The van der Waals surface area contributed by atoms with Gasteiger partial charge < -0.3 is 25.0 Å². The predicted molar refractivity (Wildman–Crippen MR) is 147 cm³/mol. The van der Waals surface area contributed by atoms with Crippen molar-refractivity contribution in [1.29, 1.82) is 0 Å². The van der Waals surface area contributed by atoms with Crippen LogP contribution in [0, 0.1) is 13.8 Å². The Bertz CT molecular complexity index is 947. The lowest BCUT2D eigenvalue weighted by atomic mass is 9.95. The first-order chi connectivity index (χ1) is 17.2. The molecule has 0 aliphatic rings. The fourth-order valence-electron chi connectivity index (χ4n) is 3.78. The Morgan fingerprint density at radius 2 is 1.76 bits per heavy atom. The molecule has 0 aromatic heterocycles. The van der Waals surface area contributed by atoms with Gasteiger partial charge in [-0.2, -0.15) is 12.6 Å². The van der Waals surface area contributed by atoms with Crippen LogP contribution in [0.2, 0.25) is 0 Å². The van der Waals surface area contributed by atoms with E-state index in [1.807, 2.05) is 45.9 Å². The van der Waals surface area contributed by atoms with E-state index in [9.17, 15) is 19.2 Å². The first-order valence-electron chi connectivity index (χ1n) is 12.7. The van der Waals surface area contributed by atoms with E-state index in [1.54, 1.807) is 27.7 Å². The van der Waals surface area contributed by atoms with Gasteiger partial charge in [-0.25, -0.2) is 4.79 Å².